The van der Waals surface area contributed by atoms with Crippen molar-refractivity contribution in [2.75, 3.05) is 25.1 Å². The van der Waals surface area contributed by atoms with Gasteiger partial charge in [-0.2, -0.15) is 0 Å². The van der Waals surface area contributed by atoms with Gasteiger partial charge in [0.05, 0.1) is 12.3 Å². The van der Waals surface area contributed by atoms with Crippen molar-refractivity contribution in [1.82, 2.24) is 15.3 Å². The van der Waals surface area contributed by atoms with Crippen LogP contribution >= 0.6 is 23.2 Å². The third kappa shape index (κ3) is 5.09. The lowest BCUT2D eigenvalue weighted by Crippen LogP contribution is -2.37. The molecular weight excluding hydrogens is 359 g/mol. The fraction of sp³-hybridized carbons (Fsp3) is 0.278. The second kappa shape index (κ2) is 8.54. The van der Waals surface area contributed by atoms with Gasteiger partial charge in [0.25, 0.3) is 0 Å². The molecule has 0 aliphatic carbocycles. The highest BCUT2D eigenvalue weighted by atomic mass is 35.5. The van der Waals surface area contributed by atoms with Crippen molar-refractivity contribution in [2.24, 2.45) is 0 Å². The zero-order chi connectivity index (χ0) is 17.6. The van der Waals surface area contributed by atoms with Crippen molar-refractivity contribution >= 4 is 28.9 Å². The highest BCUT2D eigenvalue weighted by molar-refractivity contribution is 6.30. The molecule has 0 atom stereocenters. The van der Waals surface area contributed by atoms with E-state index < -0.39 is 0 Å². The van der Waals surface area contributed by atoms with Crippen LogP contribution in [0.4, 0.5) is 5.69 Å². The van der Waals surface area contributed by atoms with E-state index in [1.165, 1.54) is 0 Å². The lowest BCUT2D eigenvalue weighted by Gasteiger charge is -2.31. The van der Waals surface area contributed by atoms with Gasteiger partial charge in [0.2, 0.25) is 0 Å². The summed E-state index contributed by atoms with van der Waals surface area (Å²) in [5, 5.41) is 10.9. The van der Waals surface area contributed by atoms with E-state index in [-0.39, 0.29) is 6.61 Å². The topological polar surface area (TPSA) is 60.4 Å². The fourth-order valence-electron chi connectivity index (χ4n) is 2.76. The monoisotopic (exact) mass is 378 g/mol. The number of nitrogens with zero attached hydrogens (tertiary/aromatic N) is 2. The summed E-state index contributed by atoms with van der Waals surface area (Å²) in [4.78, 5) is 6.40. The molecule has 3 N–H and O–H groups in total. The van der Waals surface area contributed by atoms with Crippen LogP contribution in [0.15, 0.2) is 53.9 Å². The Kier molecular flexibility index (Phi) is 6.15. The summed E-state index contributed by atoms with van der Waals surface area (Å²) in [6.45, 7) is 2.42. The first-order valence-electron chi connectivity index (χ1n) is 8.06. The average molecular weight is 379 g/mol. The summed E-state index contributed by atoms with van der Waals surface area (Å²) in [6.07, 6.45) is 2.62. The van der Waals surface area contributed by atoms with Crippen LogP contribution in [0.5, 0.6) is 0 Å². The van der Waals surface area contributed by atoms with Gasteiger partial charge in [0.15, 0.2) is 0 Å². The Morgan fingerprint density at radius 3 is 2.56 bits per heavy atom. The number of rotatable bonds is 6. The molecule has 25 heavy (non-hydrogen) atoms. The van der Waals surface area contributed by atoms with Crippen LogP contribution < -0.4 is 10.9 Å². The predicted molar refractivity (Wildman–Crippen MR) is 101 cm³/mol. The van der Waals surface area contributed by atoms with Crippen LogP contribution in [0.25, 0.3) is 0 Å². The maximum atomic E-state index is 9.72. The molecule has 132 valence electrons. The molecule has 0 bridgehead atoms. The SMILES string of the molecule is OCC1=C(NNc2ccc(Cl)cc2)CCN(Cc2ccc(Cl)nc2)C1. The Morgan fingerprint density at radius 2 is 1.88 bits per heavy atom. The third-order valence-electron chi connectivity index (χ3n) is 4.11. The van der Waals surface area contributed by atoms with E-state index in [4.69, 9.17) is 23.2 Å². The Labute approximate surface area is 157 Å². The van der Waals surface area contributed by atoms with Gasteiger partial charge in [0.1, 0.15) is 5.15 Å². The first-order valence-corrected chi connectivity index (χ1v) is 8.82. The number of hydrogen-bond acceptors (Lipinski definition) is 5. The van der Waals surface area contributed by atoms with Gasteiger partial charge in [-0.25, -0.2) is 4.98 Å². The molecule has 0 radical (unpaired) electrons. The molecule has 1 aliphatic heterocycles. The number of benzene rings is 1. The van der Waals surface area contributed by atoms with E-state index in [9.17, 15) is 5.11 Å². The second-order valence-corrected chi connectivity index (χ2v) is 6.77. The molecule has 1 aromatic heterocycles. The summed E-state index contributed by atoms with van der Waals surface area (Å²) in [5.74, 6) is 0. The van der Waals surface area contributed by atoms with E-state index in [1.54, 1.807) is 12.3 Å². The highest BCUT2D eigenvalue weighted by Gasteiger charge is 2.18. The molecule has 0 fully saturated rings. The standard InChI is InChI=1S/C18H20Cl2N4O/c19-15-2-4-16(5-3-15)22-23-17-7-8-24(11-14(17)12-25)10-13-1-6-18(20)21-9-13/h1-6,9,22-23,25H,7-8,10-12H2. The molecule has 1 aliphatic rings. The molecule has 3 rings (SSSR count). The maximum Gasteiger partial charge on any atom is 0.129 e. The minimum Gasteiger partial charge on any atom is -0.392 e. The van der Waals surface area contributed by atoms with Crippen LogP contribution in [0.3, 0.4) is 0 Å². The van der Waals surface area contributed by atoms with Crippen molar-refractivity contribution in [2.45, 2.75) is 13.0 Å². The molecule has 7 heteroatoms. The minimum atomic E-state index is 0.0278. The number of halogens is 2. The lowest BCUT2D eigenvalue weighted by atomic mass is 10.1. The van der Waals surface area contributed by atoms with Crippen molar-refractivity contribution < 1.29 is 5.11 Å². The average Bonchev–Trinajstić information content (AvgIpc) is 2.64. The molecular formula is C18H20Cl2N4O. The Morgan fingerprint density at radius 1 is 1.08 bits per heavy atom. The van der Waals surface area contributed by atoms with Crippen molar-refractivity contribution in [3.8, 4) is 0 Å². The first kappa shape index (κ1) is 18.0. The lowest BCUT2D eigenvalue weighted by molar-refractivity contribution is 0.243. The second-order valence-electron chi connectivity index (χ2n) is 5.95. The molecule has 0 saturated heterocycles. The van der Waals surface area contributed by atoms with Gasteiger partial charge in [-0.3, -0.25) is 4.90 Å². The molecule has 0 unspecified atom stereocenters. The van der Waals surface area contributed by atoms with Crippen LogP contribution in [0.1, 0.15) is 12.0 Å². The van der Waals surface area contributed by atoms with E-state index >= 15 is 0 Å². The number of aromatic nitrogens is 1. The molecule has 0 spiro atoms. The van der Waals surface area contributed by atoms with Crippen LogP contribution in [-0.2, 0) is 6.54 Å². The van der Waals surface area contributed by atoms with Gasteiger partial charge >= 0.3 is 0 Å². The summed E-state index contributed by atoms with van der Waals surface area (Å²) in [6, 6.07) is 11.2. The molecule has 0 amide bonds. The Hall–Kier alpha value is -1.79. The Bertz CT molecular complexity index is 732. The van der Waals surface area contributed by atoms with E-state index in [0.29, 0.717) is 16.7 Å². The van der Waals surface area contributed by atoms with Gasteiger partial charge in [-0.1, -0.05) is 29.3 Å². The summed E-state index contributed by atoms with van der Waals surface area (Å²) < 4.78 is 0. The summed E-state index contributed by atoms with van der Waals surface area (Å²) >= 11 is 11.7. The predicted octanol–water partition coefficient (Wildman–Crippen LogP) is 3.46. The number of pyridine rings is 1. The summed E-state index contributed by atoms with van der Waals surface area (Å²) in [5.41, 5.74) is 10.4. The number of nitrogens with one attached hydrogen (secondary N) is 2. The quantitative estimate of drug-likeness (QED) is 0.530. The maximum absolute atomic E-state index is 9.72. The smallest absolute Gasteiger partial charge is 0.129 e. The van der Waals surface area contributed by atoms with Gasteiger partial charge in [0, 0.05) is 43.0 Å². The van der Waals surface area contributed by atoms with Crippen LogP contribution in [0, 0.1) is 0 Å². The normalized spacial score (nSPS) is 15.3. The number of aliphatic hydroxyl groups excluding tert-OH is 1. The third-order valence-corrected chi connectivity index (χ3v) is 4.58. The molecule has 2 aromatic rings. The molecule has 0 saturated carbocycles. The number of anilines is 1. The first-order chi connectivity index (χ1) is 12.1. The largest absolute Gasteiger partial charge is 0.392 e. The van der Waals surface area contributed by atoms with Gasteiger partial charge < -0.3 is 16.0 Å². The molecule has 1 aromatic carbocycles. The van der Waals surface area contributed by atoms with Crippen molar-refractivity contribution in [3.63, 3.8) is 0 Å². The van der Waals surface area contributed by atoms with Crippen LogP contribution in [0.2, 0.25) is 10.2 Å². The number of hydrazine groups is 1. The molecule has 2 heterocycles. The highest BCUT2D eigenvalue weighted by Crippen LogP contribution is 2.19. The number of hydrogen-bond donors (Lipinski definition) is 3. The van der Waals surface area contributed by atoms with Crippen molar-refractivity contribution in [1.29, 1.82) is 0 Å². The van der Waals surface area contributed by atoms with E-state index in [1.807, 2.05) is 30.3 Å². The van der Waals surface area contributed by atoms with Crippen LogP contribution in [-0.4, -0.2) is 34.7 Å². The fourth-order valence-corrected chi connectivity index (χ4v) is 3.00. The zero-order valence-corrected chi connectivity index (χ0v) is 15.2. The number of aliphatic hydroxyl groups is 1. The summed E-state index contributed by atoms with van der Waals surface area (Å²) in [7, 11) is 0. The Balaban J connectivity index is 1.59. The minimum absolute atomic E-state index is 0.0278. The van der Waals surface area contributed by atoms with Crippen molar-refractivity contribution in [3.05, 3.63) is 69.6 Å². The van der Waals surface area contributed by atoms with E-state index in [0.717, 1.165) is 42.0 Å². The zero-order valence-electron chi connectivity index (χ0n) is 13.7. The van der Waals surface area contributed by atoms with E-state index in [2.05, 4.69) is 20.7 Å². The van der Waals surface area contributed by atoms with Gasteiger partial charge in [-0.15, -0.1) is 0 Å². The molecule has 5 nitrogen and oxygen atoms in total. The van der Waals surface area contributed by atoms with Gasteiger partial charge in [-0.05, 0) is 41.5 Å².